The zero-order valence-corrected chi connectivity index (χ0v) is 13.8. The van der Waals surface area contributed by atoms with Crippen LogP contribution in [0.15, 0.2) is 30.8 Å². The van der Waals surface area contributed by atoms with Crippen molar-refractivity contribution >= 4 is 6.08 Å². The highest BCUT2D eigenvalue weighted by molar-refractivity contribution is 5.55. The fourth-order valence-electron chi connectivity index (χ4n) is 2.55. The van der Waals surface area contributed by atoms with Crippen molar-refractivity contribution in [1.82, 2.24) is 0 Å². The van der Waals surface area contributed by atoms with Crippen molar-refractivity contribution in [2.24, 2.45) is 0 Å². The monoisotopic (exact) mass is 288 g/mol. The summed E-state index contributed by atoms with van der Waals surface area (Å²) in [4.78, 5) is 0. The Kier molecular flexibility index (Phi) is 10.6. The lowest BCUT2D eigenvalue weighted by Gasteiger charge is -2.08. The first-order valence-corrected chi connectivity index (χ1v) is 8.72. The molecule has 1 rings (SSSR count). The molecule has 0 N–H and O–H groups in total. The van der Waals surface area contributed by atoms with Gasteiger partial charge in [0.05, 0.1) is 6.61 Å². The van der Waals surface area contributed by atoms with Crippen molar-refractivity contribution in [2.75, 3.05) is 6.61 Å². The minimum atomic E-state index is 0.821. The zero-order chi connectivity index (χ0) is 15.2. The molecular weight excluding hydrogens is 256 g/mol. The number of unbranched alkanes of at least 4 members (excludes halogenated alkanes) is 9. The third-order valence-electron chi connectivity index (χ3n) is 3.89. The molecule has 0 heterocycles. The molecule has 0 saturated heterocycles. The van der Waals surface area contributed by atoms with Crippen LogP contribution in [0, 0.1) is 0 Å². The summed E-state index contributed by atoms with van der Waals surface area (Å²) in [5, 5.41) is 0. The molecule has 1 aromatic carbocycles. The predicted molar refractivity (Wildman–Crippen MR) is 93.9 cm³/mol. The van der Waals surface area contributed by atoms with Crippen molar-refractivity contribution in [1.29, 1.82) is 0 Å². The Morgan fingerprint density at radius 2 is 1.43 bits per heavy atom. The molecular formula is C20H32O. The third kappa shape index (κ3) is 8.60. The molecule has 0 unspecified atom stereocenters. The van der Waals surface area contributed by atoms with Gasteiger partial charge in [-0.25, -0.2) is 0 Å². The lowest BCUT2D eigenvalue weighted by Crippen LogP contribution is -1.98. The fraction of sp³-hybridized carbons (Fsp3) is 0.600. The van der Waals surface area contributed by atoms with E-state index in [0.717, 1.165) is 24.3 Å². The fourth-order valence-corrected chi connectivity index (χ4v) is 2.55. The van der Waals surface area contributed by atoms with E-state index in [2.05, 4.69) is 13.5 Å². The van der Waals surface area contributed by atoms with E-state index in [4.69, 9.17) is 4.74 Å². The molecule has 0 aliphatic heterocycles. The summed E-state index contributed by atoms with van der Waals surface area (Å²) in [5.74, 6) is 0.962. The van der Waals surface area contributed by atoms with Crippen LogP contribution in [0.5, 0.6) is 5.75 Å². The van der Waals surface area contributed by atoms with E-state index in [9.17, 15) is 0 Å². The Bertz CT molecular complexity index is 370. The number of para-hydroxylation sites is 1. The molecule has 0 atom stereocenters. The van der Waals surface area contributed by atoms with E-state index in [1.807, 2.05) is 30.3 Å². The Labute approximate surface area is 131 Å². The first kappa shape index (κ1) is 17.8. The van der Waals surface area contributed by atoms with Gasteiger partial charge in [-0.1, -0.05) is 95.6 Å². The van der Waals surface area contributed by atoms with Crippen molar-refractivity contribution in [3.8, 4) is 5.75 Å². The molecule has 1 aromatic rings. The highest BCUT2D eigenvalue weighted by Gasteiger charge is 1.98. The Balaban J connectivity index is 1.94. The Morgan fingerprint density at radius 1 is 0.857 bits per heavy atom. The first-order chi connectivity index (χ1) is 10.4. The van der Waals surface area contributed by atoms with Gasteiger partial charge in [0.25, 0.3) is 0 Å². The first-order valence-electron chi connectivity index (χ1n) is 8.72. The van der Waals surface area contributed by atoms with Crippen LogP contribution in [0.25, 0.3) is 6.08 Å². The van der Waals surface area contributed by atoms with Crippen molar-refractivity contribution < 1.29 is 4.74 Å². The van der Waals surface area contributed by atoms with Gasteiger partial charge in [0.2, 0.25) is 0 Å². The van der Waals surface area contributed by atoms with Crippen LogP contribution in [0.4, 0.5) is 0 Å². The molecule has 0 aromatic heterocycles. The molecule has 0 spiro atoms. The van der Waals surface area contributed by atoms with Gasteiger partial charge in [0, 0.05) is 5.56 Å². The zero-order valence-electron chi connectivity index (χ0n) is 13.8. The largest absolute Gasteiger partial charge is 0.493 e. The maximum Gasteiger partial charge on any atom is 0.126 e. The minimum absolute atomic E-state index is 0.821. The van der Waals surface area contributed by atoms with Crippen LogP contribution in [-0.4, -0.2) is 6.61 Å². The summed E-state index contributed by atoms with van der Waals surface area (Å²) in [5.41, 5.74) is 1.09. The molecule has 0 amide bonds. The van der Waals surface area contributed by atoms with Crippen LogP contribution in [0.1, 0.15) is 76.7 Å². The van der Waals surface area contributed by atoms with E-state index in [-0.39, 0.29) is 0 Å². The minimum Gasteiger partial charge on any atom is -0.493 e. The third-order valence-corrected chi connectivity index (χ3v) is 3.89. The molecule has 1 nitrogen and oxygen atoms in total. The smallest absolute Gasteiger partial charge is 0.126 e. The van der Waals surface area contributed by atoms with Crippen LogP contribution < -0.4 is 4.74 Å². The number of ether oxygens (including phenoxy) is 1. The average Bonchev–Trinajstić information content (AvgIpc) is 2.53. The Morgan fingerprint density at radius 3 is 2.05 bits per heavy atom. The maximum absolute atomic E-state index is 5.83. The van der Waals surface area contributed by atoms with Gasteiger partial charge in [-0.3, -0.25) is 0 Å². The molecule has 0 bridgehead atoms. The highest BCUT2D eigenvalue weighted by atomic mass is 16.5. The summed E-state index contributed by atoms with van der Waals surface area (Å²) >= 11 is 0. The number of benzene rings is 1. The number of hydrogen-bond donors (Lipinski definition) is 0. The maximum atomic E-state index is 5.83. The van der Waals surface area contributed by atoms with Gasteiger partial charge >= 0.3 is 0 Å². The lowest BCUT2D eigenvalue weighted by molar-refractivity contribution is 0.303. The van der Waals surface area contributed by atoms with Gasteiger partial charge < -0.3 is 4.74 Å². The molecule has 0 fully saturated rings. The summed E-state index contributed by atoms with van der Waals surface area (Å²) in [6.45, 7) is 6.91. The second-order valence-electron chi connectivity index (χ2n) is 5.77. The topological polar surface area (TPSA) is 9.23 Å². The molecule has 21 heavy (non-hydrogen) atoms. The summed E-state index contributed by atoms with van der Waals surface area (Å²) in [6, 6.07) is 8.10. The predicted octanol–water partition coefficient (Wildman–Crippen LogP) is 6.63. The van der Waals surface area contributed by atoms with E-state index in [1.54, 1.807) is 0 Å². The van der Waals surface area contributed by atoms with E-state index >= 15 is 0 Å². The van der Waals surface area contributed by atoms with Crippen molar-refractivity contribution in [3.05, 3.63) is 36.4 Å². The standard InChI is InChI=1S/C20H32O/c1-3-5-6-7-8-9-10-11-12-15-18-21-20-17-14-13-16-19(20)4-2/h4,13-14,16-17H,2-3,5-12,15,18H2,1H3. The molecule has 118 valence electrons. The summed E-state index contributed by atoms with van der Waals surface area (Å²) in [7, 11) is 0. The highest BCUT2D eigenvalue weighted by Crippen LogP contribution is 2.19. The summed E-state index contributed by atoms with van der Waals surface area (Å²) < 4.78 is 5.83. The molecule has 0 saturated carbocycles. The molecule has 0 aliphatic carbocycles. The van der Waals surface area contributed by atoms with Crippen molar-refractivity contribution in [2.45, 2.75) is 71.1 Å². The van der Waals surface area contributed by atoms with Gasteiger partial charge in [0.15, 0.2) is 0 Å². The van der Waals surface area contributed by atoms with Gasteiger partial charge in [-0.05, 0) is 12.5 Å². The van der Waals surface area contributed by atoms with Crippen molar-refractivity contribution in [3.63, 3.8) is 0 Å². The van der Waals surface area contributed by atoms with E-state index in [0.29, 0.717) is 0 Å². The lowest BCUT2D eigenvalue weighted by atomic mass is 10.1. The van der Waals surface area contributed by atoms with E-state index < -0.39 is 0 Å². The second-order valence-corrected chi connectivity index (χ2v) is 5.77. The van der Waals surface area contributed by atoms with Gasteiger partial charge in [-0.2, -0.15) is 0 Å². The quantitative estimate of drug-likeness (QED) is 0.370. The normalized spacial score (nSPS) is 10.5. The number of rotatable bonds is 13. The van der Waals surface area contributed by atoms with Crippen LogP contribution in [0.3, 0.4) is 0 Å². The van der Waals surface area contributed by atoms with Crippen LogP contribution >= 0.6 is 0 Å². The molecule has 0 radical (unpaired) electrons. The number of hydrogen-bond acceptors (Lipinski definition) is 1. The SMILES string of the molecule is C=Cc1ccccc1OCCCCCCCCCCCC. The molecule has 0 aliphatic rings. The average molecular weight is 288 g/mol. The molecule has 1 heteroatoms. The van der Waals surface area contributed by atoms with Gasteiger partial charge in [-0.15, -0.1) is 0 Å². The van der Waals surface area contributed by atoms with Crippen LogP contribution in [0.2, 0.25) is 0 Å². The van der Waals surface area contributed by atoms with Crippen LogP contribution in [-0.2, 0) is 0 Å². The second kappa shape index (κ2) is 12.5. The van der Waals surface area contributed by atoms with Gasteiger partial charge in [0.1, 0.15) is 5.75 Å². The Hall–Kier alpha value is -1.24. The van der Waals surface area contributed by atoms with E-state index in [1.165, 1.54) is 57.8 Å². The summed E-state index contributed by atoms with van der Waals surface area (Å²) in [6.07, 6.45) is 15.4.